The van der Waals surface area contributed by atoms with Gasteiger partial charge in [-0.05, 0) is 80.6 Å². The lowest BCUT2D eigenvalue weighted by Gasteiger charge is -2.10. The van der Waals surface area contributed by atoms with E-state index in [1.54, 1.807) is 13.8 Å². The fraction of sp³-hybridized carbons (Fsp3) is 0.333. The van der Waals surface area contributed by atoms with Crippen molar-refractivity contribution >= 4 is 27.5 Å². The Hall–Kier alpha value is -2.71. The molecule has 0 spiro atoms. The van der Waals surface area contributed by atoms with E-state index < -0.39 is 15.9 Å². The monoisotopic (exact) mass is 415 g/mol. The zero-order valence-electron chi connectivity index (χ0n) is 16.5. The van der Waals surface area contributed by atoms with Crippen LogP contribution in [-0.2, 0) is 27.7 Å². The third-order valence-electron chi connectivity index (χ3n) is 4.61. The maximum atomic E-state index is 12.2. The molecule has 3 N–H and O–H groups in total. The van der Waals surface area contributed by atoms with Crippen LogP contribution in [0.4, 0.5) is 5.69 Å². The van der Waals surface area contributed by atoms with E-state index in [-0.39, 0.29) is 29.0 Å². The molecule has 0 atom stereocenters. The lowest BCUT2D eigenvalue weighted by atomic mass is 10.1. The summed E-state index contributed by atoms with van der Waals surface area (Å²) in [4.78, 5) is 24.4. The summed E-state index contributed by atoms with van der Waals surface area (Å²) in [5.41, 5.74) is 3.58. The van der Waals surface area contributed by atoms with Crippen molar-refractivity contribution in [3.63, 3.8) is 0 Å². The lowest BCUT2D eigenvalue weighted by Crippen LogP contribution is -2.33. The van der Waals surface area contributed by atoms with Crippen molar-refractivity contribution in [2.45, 2.75) is 44.0 Å². The van der Waals surface area contributed by atoms with Gasteiger partial charge in [0.1, 0.15) is 0 Å². The van der Waals surface area contributed by atoms with Gasteiger partial charge in [0.05, 0.1) is 11.4 Å². The summed E-state index contributed by atoms with van der Waals surface area (Å²) in [5.74, 6) is -0.772. The van der Waals surface area contributed by atoms with E-state index in [0.717, 1.165) is 24.9 Å². The van der Waals surface area contributed by atoms with Crippen LogP contribution in [0, 0.1) is 0 Å². The molecule has 8 heteroatoms. The highest BCUT2D eigenvalue weighted by atomic mass is 32.2. The molecule has 3 rings (SSSR count). The Morgan fingerprint density at radius 3 is 2.38 bits per heavy atom. The van der Waals surface area contributed by atoms with E-state index in [2.05, 4.69) is 15.4 Å². The fourth-order valence-electron chi connectivity index (χ4n) is 3.28. The SMILES string of the molecule is CC(C)NS(=O)(=O)c1ccc(C(=O)NCC(=O)Nc2ccc3c(c2)CCC3)cc1. The average Bonchev–Trinajstić information content (AvgIpc) is 3.13. The molecule has 2 amide bonds. The summed E-state index contributed by atoms with van der Waals surface area (Å²) >= 11 is 0. The van der Waals surface area contributed by atoms with Crippen LogP contribution in [0.3, 0.4) is 0 Å². The van der Waals surface area contributed by atoms with Gasteiger partial charge in [-0.25, -0.2) is 13.1 Å². The normalized spacial score (nSPS) is 13.2. The molecule has 0 aliphatic heterocycles. The van der Waals surface area contributed by atoms with Crippen LogP contribution in [-0.4, -0.2) is 32.8 Å². The lowest BCUT2D eigenvalue weighted by molar-refractivity contribution is -0.115. The van der Waals surface area contributed by atoms with Gasteiger partial charge in [-0.15, -0.1) is 0 Å². The summed E-state index contributed by atoms with van der Waals surface area (Å²) < 4.78 is 26.7. The molecule has 0 heterocycles. The molecule has 2 aromatic carbocycles. The molecule has 2 aromatic rings. The van der Waals surface area contributed by atoms with Crippen LogP contribution < -0.4 is 15.4 Å². The molecule has 0 saturated heterocycles. The molecule has 0 bridgehead atoms. The van der Waals surface area contributed by atoms with Crippen LogP contribution in [0.25, 0.3) is 0 Å². The highest BCUT2D eigenvalue weighted by Crippen LogP contribution is 2.24. The van der Waals surface area contributed by atoms with Crippen molar-refractivity contribution in [1.82, 2.24) is 10.0 Å². The summed E-state index contributed by atoms with van der Waals surface area (Å²) in [6.07, 6.45) is 3.23. The van der Waals surface area contributed by atoms with Crippen molar-refractivity contribution in [1.29, 1.82) is 0 Å². The highest BCUT2D eigenvalue weighted by molar-refractivity contribution is 7.89. The Kier molecular flexibility index (Phi) is 6.34. The van der Waals surface area contributed by atoms with Crippen LogP contribution in [0.5, 0.6) is 0 Å². The van der Waals surface area contributed by atoms with Gasteiger partial charge < -0.3 is 10.6 Å². The molecule has 154 valence electrons. The molecule has 0 saturated carbocycles. The number of hydrogen-bond acceptors (Lipinski definition) is 4. The zero-order valence-corrected chi connectivity index (χ0v) is 17.3. The van der Waals surface area contributed by atoms with E-state index in [9.17, 15) is 18.0 Å². The van der Waals surface area contributed by atoms with E-state index in [1.807, 2.05) is 18.2 Å². The first-order valence-electron chi connectivity index (χ1n) is 9.57. The maximum absolute atomic E-state index is 12.2. The summed E-state index contributed by atoms with van der Waals surface area (Å²) in [6.45, 7) is 3.28. The quantitative estimate of drug-likeness (QED) is 0.645. The summed E-state index contributed by atoms with van der Waals surface area (Å²) in [5, 5.41) is 5.33. The van der Waals surface area contributed by atoms with Crippen LogP contribution >= 0.6 is 0 Å². The molecule has 0 fully saturated rings. The molecule has 29 heavy (non-hydrogen) atoms. The number of fused-ring (bicyclic) bond motifs is 1. The predicted molar refractivity (Wildman–Crippen MR) is 111 cm³/mol. The number of nitrogens with one attached hydrogen (secondary N) is 3. The van der Waals surface area contributed by atoms with E-state index in [4.69, 9.17) is 0 Å². The van der Waals surface area contributed by atoms with Crippen molar-refractivity contribution in [2.75, 3.05) is 11.9 Å². The second-order valence-corrected chi connectivity index (χ2v) is 9.08. The van der Waals surface area contributed by atoms with Crippen molar-refractivity contribution < 1.29 is 18.0 Å². The molecule has 1 aliphatic carbocycles. The summed E-state index contributed by atoms with van der Waals surface area (Å²) in [6, 6.07) is 11.2. The smallest absolute Gasteiger partial charge is 0.251 e. The molecule has 1 aliphatic rings. The Morgan fingerprint density at radius 2 is 1.69 bits per heavy atom. The third-order valence-corrected chi connectivity index (χ3v) is 6.28. The number of hydrogen-bond donors (Lipinski definition) is 3. The second kappa shape index (κ2) is 8.75. The van der Waals surface area contributed by atoms with Crippen LogP contribution in [0.2, 0.25) is 0 Å². The molecule has 0 aromatic heterocycles. The highest BCUT2D eigenvalue weighted by Gasteiger charge is 2.16. The molecule has 7 nitrogen and oxygen atoms in total. The number of anilines is 1. The third kappa shape index (κ3) is 5.42. The standard InChI is InChI=1S/C21H25N3O4S/c1-14(2)24-29(27,28)19-10-7-16(8-11-19)21(26)22-13-20(25)23-18-9-6-15-4-3-5-17(15)12-18/h6-12,14,24H,3-5,13H2,1-2H3,(H,22,26)(H,23,25). The first-order valence-corrected chi connectivity index (χ1v) is 11.0. The molecule has 0 unspecified atom stereocenters. The van der Waals surface area contributed by atoms with Gasteiger partial charge in [-0.3, -0.25) is 9.59 Å². The van der Waals surface area contributed by atoms with E-state index in [1.165, 1.54) is 35.4 Å². The van der Waals surface area contributed by atoms with E-state index in [0.29, 0.717) is 0 Å². The van der Waals surface area contributed by atoms with Crippen molar-refractivity contribution in [3.05, 3.63) is 59.2 Å². The predicted octanol–water partition coefficient (Wildman–Crippen LogP) is 2.23. The van der Waals surface area contributed by atoms with Gasteiger partial charge in [0.25, 0.3) is 5.91 Å². The number of carbonyl (C=O) groups excluding carboxylic acids is 2. The van der Waals surface area contributed by atoms with Gasteiger partial charge in [-0.1, -0.05) is 6.07 Å². The number of carbonyl (C=O) groups is 2. The Balaban J connectivity index is 1.54. The van der Waals surface area contributed by atoms with Gasteiger partial charge >= 0.3 is 0 Å². The van der Waals surface area contributed by atoms with Gasteiger partial charge in [0.15, 0.2) is 0 Å². The van der Waals surface area contributed by atoms with Crippen LogP contribution in [0.1, 0.15) is 41.8 Å². The molecular formula is C21H25N3O4S. The largest absolute Gasteiger partial charge is 0.343 e. The van der Waals surface area contributed by atoms with Crippen molar-refractivity contribution in [3.8, 4) is 0 Å². The molecule has 0 radical (unpaired) electrons. The van der Waals surface area contributed by atoms with E-state index >= 15 is 0 Å². The van der Waals surface area contributed by atoms with Crippen molar-refractivity contribution in [2.24, 2.45) is 0 Å². The minimum Gasteiger partial charge on any atom is -0.343 e. The Bertz CT molecular complexity index is 1010. The minimum atomic E-state index is -3.61. The Labute approximate surface area is 171 Å². The first kappa shape index (κ1) is 21.0. The minimum absolute atomic E-state index is 0.0807. The zero-order chi connectivity index (χ0) is 21.0. The van der Waals surface area contributed by atoms with Gasteiger partial charge in [0.2, 0.25) is 15.9 Å². The first-order chi connectivity index (χ1) is 13.7. The number of amides is 2. The van der Waals surface area contributed by atoms with Crippen LogP contribution in [0.15, 0.2) is 47.4 Å². The second-order valence-electron chi connectivity index (χ2n) is 7.37. The maximum Gasteiger partial charge on any atom is 0.251 e. The topological polar surface area (TPSA) is 104 Å². The number of sulfonamides is 1. The average molecular weight is 416 g/mol. The number of rotatable bonds is 7. The molecular weight excluding hydrogens is 390 g/mol. The number of benzene rings is 2. The summed E-state index contributed by atoms with van der Waals surface area (Å²) in [7, 11) is -3.61. The van der Waals surface area contributed by atoms with Gasteiger partial charge in [-0.2, -0.15) is 0 Å². The number of aryl methyl sites for hydroxylation is 2. The Morgan fingerprint density at radius 1 is 1.00 bits per heavy atom. The van der Waals surface area contributed by atoms with Gasteiger partial charge in [0, 0.05) is 17.3 Å². The fourth-order valence-corrected chi connectivity index (χ4v) is 4.53.